The maximum absolute atomic E-state index is 11.8. The summed E-state index contributed by atoms with van der Waals surface area (Å²) in [4.78, 5) is 23.5. The van der Waals surface area contributed by atoms with Gasteiger partial charge in [0.25, 0.3) is 0 Å². The number of carbonyl (C=O) groups excluding carboxylic acids is 2. The van der Waals surface area contributed by atoms with E-state index in [1.807, 2.05) is 46.3 Å². The zero-order chi connectivity index (χ0) is 15.5. The fourth-order valence-electron chi connectivity index (χ4n) is 1.95. The highest BCUT2D eigenvalue weighted by atomic mass is 16.2. The normalized spacial score (nSPS) is 11.5. The van der Waals surface area contributed by atoms with Crippen LogP contribution in [-0.4, -0.2) is 28.0 Å². The number of nitrogens with zero attached hydrogens (tertiary/aromatic N) is 2. The van der Waals surface area contributed by atoms with Gasteiger partial charge in [-0.2, -0.15) is 5.10 Å². The number of carbonyl (C=O) groups is 2. The summed E-state index contributed by atoms with van der Waals surface area (Å²) in [5, 5.41) is 7.02. The fourth-order valence-corrected chi connectivity index (χ4v) is 1.95. The third-order valence-electron chi connectivity index (χ3n) is 3.54. The highest BCUT2D eigenvalue weighted by Crippen LogP contribution is 2.15. The molecular formula is C15H25N3O2. The molecule has 5 nitrogen and oxygen atoms in total. The molecule has 1 aromatic heterocycles. The van der Waals surface area contributed by atoms with Crippen molar-refractivity contribution in [3.8, 4) is 0 Å². The van der Waals surface area contributed by atoms with E-state index in [1.54, 1.807) is 0 Å². The zero-order valence-electron chi connectivity index (χ0n) is 13.3. The molecule has 0 bridgehead atoms. The van der Waals surface area contributed by atoms with Crippen LogP contribution in [0.25, 0.3) is 0 Å². The van der Waals surface area contributed by atoms with Crippen molar-refractivity contribution >= 4 is 11.7 Å². The Morgan fingerprint density at radius 3 is 2.30 bits per heavy atom. The summed E-state index contributed by atoms with van der Waals surface area (Å²) in [6.07, 6.45) is 1.03. The van der Waals surface area contributed by atoms with Crippen LogP contribution in [0, 0.1) is 19.3 Å². The number of ketones is 1. The average Bonchev–Trinajstić information content (AvgIpc) is 2.57. The molecule has 1 amide bonds. The SMILES string of the molecule is Cc1nn(C)c(C)c1CCC(=O)NCC(=O)C(C)(C)C. The lowest BCUT2D eigenvalue weighted by atomic mass is 9.91. The van der Waals surface area contributed by atoms with Gasteiger partial charge in [0.15, 0.2) is 5.78 Å². The second-order valence-electron chi connectivity index (χ2n) is 6.22. The van der Waals surface area contributed by atoms with Gasteiger partial charge in [-0.05, 0) is 25.8 Å². The predicted octanol–water partition coefficient (Wildman–Crippen LogP) is 1.70. The first kappa shape index (κ1) is 16.4. The Bertz CT molecular complexity index is 510. The summed E-state index contributed by atoms with van der Waals surface area (Å²) >= 11 is 0. The Kier molecular flexibility index (Phi) is 5.09. The van der Waals surface area contributed by atoms with E-state index >= 15 is 0 Å². The molecule has 0 radical (unpaired) electrons. The minimum atomic E-state index is -0.413. The van der Waals surface area contributed by atoms with E-state index in [4.69, 9.17) is 0 Å². The molecule has 1 N–H and O–H groups in total. The monoisotopic (exact) mass is 279 g/mol. The number of hydrogen-bond donors (Lipinski definition) is 1. The van der Waals surface area contributed by atoms with E-state index in [2.05, 4.69) is 10.4 Å². The molecule has 0 saturated heterocycles. The lowest BCUT2D eigenvalue weighted by Crippen LogP contribution is -2.35. The minimum Gasteiger partial charge on any atom is -0.349 e. The van der Waals surface area contributed by atoms with E-state index in [-0.39, 0.29) is 18.2 Å². The molecule has 112 valence electrons. The largest absolute Gasteiger partial charge is 0.349 e. The molecule has 0 aliphatic heterocycles. The minimum absolute atomic E-state index is 0.0413. The topological polar surface area (TPSA) is 64.0 Å². The second kappa shape index (κ2) is 6.20. The van der Waals surface area contributed by atoms with Crippen LogP contribution in [0.5, 0.6) is 0 Å². The summed E-state index contributed by atoms with van der Waals surface area (Å²) in [7, 11) is 1.90. The van der Waals surface area contributed by atoms with Gasteiger partial charge >= 0.3 is 0 Å². The van der Waals surface area contributed by atoms with Gasteiger partial charge in [-0.1, -0.05) is 20.8 Å². The molecule has 0 aliphatic rings. The fraction of sp³-hybridized carbons (Fsp3) is 0.667. The van der Waals surface area contributed by atoms with Gasteiger partial charge < -0.3 is 5.32 Å². The van der Waals surface area contributed by atoms with Crippen molar-refractivity contribution in [2.75, 3.05) is 6.54 Å². The number of Topliss-reactive ketones (excluding diaryl/α,β-unsaturated/α-hetero) is 1. The smallest absolute Gasteiger partial charge is 0.220 e. The third kappa shape index (κ3) is 4.18. The first-order chi connectivity index (χ1) is 9.12. The number of aryl methyl sites for hydroxylation is 2. The van der Waals surface area contributed by atoms with E-state index in [1.165, 1.54) is 0 Å². The quantitative estimate of drug-likeness (QED) is 0.892. The van der Waals surface area contributed by atoms with Crippen LogP contribution in [-0.2, 0) is 23.1 Å². The van der Waals surface area contributed by atoms with Gasteiger partial charge in [0.05, 0.1) is 12.2 Å². The van der Waals surface area contributed by atoms with Gasteiger partial charge in [0.2, 0.25) is 5.91 Å². The van der Waals surface area contributed by atoms with Crippen LogP contribution in [0.2, 0.25) is 0 Å². The van der Waals surface area contributed by atoms with E-state index in [0.29, 0.717) is 12.8 Å². The van der Waals surface area contributed by atoms with Crippen LogP contribution in [0.1, 0.15) is 44.1 Å². The first-order valence-corrected chi connectivity index (χ1v) is 6.92. The standard InChI is InChI=1S/C15H25N3O2/c1-10-12(11(2)18(6)17-10)7-8-14(20)16-9-13(19)15(3,4)5/h7-9H2,1-6H3,(H,16,20). The second-order valence-corrected chi connectivity index (χ2v) is 6.22. The van der Waals surface area contributed by atoms with Crippen molar-refractivity contribution in [2.45, 2.75) is 47.5 Å². The van der Waals surface area contributed by atoms with Gasteiger partial charge in [-0.25, -0.2) is 0 Å². The number of hydrogen-bond acceptors (Lipinski definition) is 3. The van der Waals surface area contributed by atoms with Crippen molar-refractivity contribution in [1.82, 2.24) is 15.1 Å². The maximum Gasteiger partial charge on any atom is 0.220 e. The van der Waals surface area contributed by atoms with E-state index < -0.39 is 5.41 Å². The Balaban J connectivity index is 2.47. The number of amides is 1. The van der Waals surface area contributed by atoms with Crippen LogP contribution < -0.4 is 5.32 Å². The van der Waals surface area contributed by atoms with Crippen molar-refractivity contribution in [1.29, 1.82) is 0 Å². The summed E-state index contributed by atoms with van der Waals surface area (Å²) < 4.78 is 1.83. The predicted molar refractivity (Wildman–Crippen MR) is 78.5 cm³/mol. The van der Waals surface area contributed by atoms with Gasteiger partial charge in [-0.3, -0.25) is 14.3 Å². The van der Waals surface area contributed by atoms with E-state index in [9.17, 15) is 9.59 Å². The number of rotatable bonds is 5. The molecule has 1 rings (SSSR count). The van der Waals surface area contributed by atoms with Crippen molar-refractivity contribution in [2.24, 2.45) is 12.5 Å². The maximum atomic E-state index is 11.8. The van der Waals surface area contributed by atoms with Gasteiger partial charge in [-0.15, -0.1) is 0 Å². The van der Waals surface area contributed by atoms with Crippen LogP contribution in [0.4, 0.5) is 0 Å². The number of aromatic nitrogens is 2. The first-order valence-electron chi connectivity index (χ1n) is 6.92. The third-order valence-corrected chi connectivity index (χ3v) is 3.54. The average molecular weight is 279 g/mol. The Morgan fingerprint density at radius 2 is 1.85 bits per heavy atom. The van der Waals surface area contributed by atoms with Crippen molar-refractivity contribution in [3.05, 3.63) is 17.0 Å². The van der Waals surface area contributed by atoms with Crippen molar-refractivity contribution < 1.29 is 9.59 Å². The summed E-state index contributed by atoms with van der Waals surface area (Å²) in [5.74, 6) is -0.0511. The lowest BCUT2D eigenvalue weighted by molar-refractivity contribution is -0.129. The molecule has 0 spiro atoms. The molecule has 0 atom stereocenters. The molecule has 1 heterocycles. The Hall–Kier alpha value is -1.65. The highest BCUT2D eigenvalue weighted by molar-refractivity contribution is 5.89. The van der Waals surface area contributed by atoms with Crippen LogP contribution in [0.3, 0.4) is 0 Å². The Morgan fingerprint density at radius 1 is 1.25 bits per heavy atom. The molecule has 0 fully saturated rings. The Labute approximate surface area is 120 Å². The summed E-state index contributed by atoms with van der Waals surface area (Å²) in [6, 6.07) is 0. The van der Waals surface area contributed by atoms with Crippen molar-refractivity contribution in [3.63, 3.8) is 0 Å². The molecule has 0 aromatic carbocycles. The number of nitrogens with one attached hydrogen (secondary N) is 1. The molecule has 0 saturated carbocycles. The van der Waals surface area contributed by atoms with Gasteiger partial charge in [0, 0.05) is 24.6 Å². The molecule has 0 aliphatic carbocycles. The molecule has 1 aromatic rings. The van der Waals surface area contributed by atoms with Gasteiger partial charge in [0.1, 0.15) is 0 Å². The van der Waals surface area contributed by atoms with Crippen LogP contribution in [0.15, 0.2) is 0 Å². The zero-order valence-corrected chi connectivity index (χ0v) is 13.3. The lowest BCUT2D eigenvalue weighted by Gasteiger charge is -2.16. The van der Waals surface area contributed by atoms with E-state index in [0.717, 1.165) is 17.0 Å². The highest BCUT2D eigenvalue weighted by Gasteiger charge is 2.21. The summed E-state index contributed by atoms with van der Waals surface area (Å²) in [5.41, 5.74) is 2.75. The molecular weight excluding hydrogens is 254 g/mol. The molecule has 5 heteroatoms. The molecule has 0 unspecified atom stereocenters. The molecule has 20 heavy (non-hydrogen) atoms. The van der Waals surface area contributed by atoms with Crippen LogP contribution >= 0.6 is 0 Å². The summed E-state index contributed by atoms with van der Waals surface area (Å²) in [6.45, 7) is 9.60.